The summed E-state index contributed by atoms with van der Waals surface area (Å²) in [7, 11) is -4.23. The maximum absolute atomic E-state index is 14.4. The zero-order chi connectivity index (χ0) is 31.6. The average Bonchev–Trinajstić information content (AvgIpc) is 3.51. The van der Waals surface area contributed by atoms with Crippen molar-refractivity contribution in [3.63, 3.8) is 0 Å². The Morgan fingerprint density at radius 2 is 1.36 bits per heavy atom. The van der Waals surface area contributed by atoms with Gasteiger partial charge < -0.3 is 18.9 Å². The molecule has 0 fully saturated rings. The quantitative estimate of drug-likeness (QED) is 0.163. The number of aliphatic hydroxyl groups excluding tert-OH is 1. The molecule has 12 nitrogen and oxygen atoms in total. The molecule has 5 rings (SSSR count). The van der Waals surface area contributed by atoms with Gasteiger partial charge in [-0.3, -0.25) is 18.9 Å². The van der Waals surface area contributed by atoms with Crippen molar-refractivity contribution in [2.45, 2.75) is 51.8 Å². The second kappa shape index (κ2) is 15.0. The monoisotopic (exact) mass is 631 g/mol. The first-order chi connectivity index (χ1) is 21.8. The number of hydrogen-bond donors (Lipinski definition) is 2. The van der Waals surface area contributed by atoms with E-state index in [4.69, 9.17) is 13.8 Å². The van der Waals surface area contributed by atoms with E-state index in [1.165, 1.54) is 15.4 Å². The molecule has 2 aromatic heterocycles. The molecular formula is C32H34N5O7P. The van der Waals surface area contributed by atoms with Crippen LogP contribution in [0, 0.1) is 6.92 Å². The molecule has 0 unspecified atom stereocenters. The van der Waals surface area contributed by atoms with Gasteiger partial charge in [0.2, 0.25) is 0 Å². The Kier molecular flexibility index (Phi) is 10.7. The van der Waals surface area contributed by atoms with Crippen LogP contribution in [0.5, 0.6) is 0 Å². The topological polar surface area (TPSA) is 151 Å². The fourth-order valence-corrected chi connectivity index (χ4v) is 6.10. The van der Waals surface area contributed by atoms with E-state index in [1.807, 2.05) is 91.0 Å². The maximum atomic E-state index is 14.4. The molecule has 45 heavy (non-hydrogen) atoms. The van der Waals surface area contributed by atoms with Crippen molar-refractivity contribution >= 4 is 7.60 Å². The summed E-state index contributed by atoms with van der Waals surface area (Å²) in [5, 5.41) is 20.0. The Labute approximate surface area is 259 Å². The van der Waals surface area contributed by atoms with Crippen LogP contribution in [-0.4, -0.2) is 41.6 Å². The van der Waals surface area contributed by atoms with Gasteiger partial charge in [0.25, 0.3) is 5.56 Å². The summed E-state index contributed by atoms with van der Waals surface area (Å²) in [6.07, 6.45) is 1.93. The molecule has 0 bridgehead atoms. The summed E-state index contributed by atoms with van der Waals surface area (Å²) in [4.78, 5) is 26.3. The van der Waals surface area contributed by atoms with Crippen LogP contribution in [0.1, 0.15) is 27.9 Å². The lowest BCUT2D eigenvalue weighted by Crippen LogP contribution is -2.34. The number of aromatic amines is 1. The highest BCUT2D eigenvalue weighted by Crippen LogP contribution is 2.55. The molecule has 0 radical (unpaired) electrons. The molecule has 3 aromatic carbocycles. The number of rotatable bonds is 15. The van der Waals surface area contributed by atoms with Crippen LogP contribution in [0.2, 0.25) is 0 Å². The molecule has 0 spiro atoms. The Balaban J connectivity index is 1.39. The number of H-pyrrole nitrogens is 1. The summed E-state index contributed by atoms with van der Waals surface area (Å²) >= 11 is 0. The summed E-state index contributed by atoms with van der Waals surface area (Å²) in [5.41, 5.74) is 2.11. The summed E-state index contributed by atoms with van der Waals surface area (Å²) in [6.45, 7) is 1.57. The first kappa shape index (κ1) is 32.0. The van der Waals surface area contributed by atoms with Crippen LogP contribution < -0.4 is 11.2 Å². The summed E-state index contributed by atoms with van der Waals surface area (Å²) in [5.74, 6) is -1.70. The number of nitrogens with zero attached hydrogens (tertiary/aromatic N) is 4. The van der Waals surface area contributed by atoms with Gasteiger partial charge in [-0.05, 0) is 23.6 Å². The standard InChI is InChI=1S/C32H34N5O7P/c1-24-17-36(32(40)33-30(24)38)18-28-19-37(35-34-28)20-29(42-21-25-11-5-2-6-12-25)31(39)45(41,43-22-26-13-7-3-8-14-26)44-23-27-15-9-4-10-16-27/h2-17,19,29,31,39H,18,20-23H2,1H3,(H,33,38,40)/t29-,31+/m0/s1. The van der Waals surface area contributed by atoms with Crippen LogP contribution in [-0.2, 0) is 51.3 Å². The van der Waals surface area contributed by atoms with E-state index in [2.05, 4.69) is 15.3 Å². The van der Waals surface area contributed by atoms with E-state index in [-0.39, 0.29) is 32.9 Å². The lowest BCUT2D eigenvalue weighted by molar-refractivity contribution is -0.0384. The van der Waals surface area contributed by atoms with E-state index >= 15 is 0 Å². The highest BCUT2D eigenvalue weighted by molar-refractivity contribution is 7.54. The Morgan fingerprint density at radius 1 is 0.822 bits per heavy atom. The van der Waals surface area contributed by atoms with Gasteiger partial charge in [-0.1, -0.05) is 96.2 Å². The molecule has 0 saturated carbocycles. The van der Waals surface area contributed by atoms with Crippen molar-refractivity contribution in [1.29, 1.82) is 0 Å². The number of aromatic nitrogens is 5. The SMILES string of the molecule is Cc1cn(Cc2cn(C[C@H](OCc3ccccc3)[C@H](O)P(=O)(OCc3ccccc3)OCc3ccccc3)nn2)c(=O)[nH]c1=O. The molecule has 13 heteroatoms. The lowest BCUT2D eigenvalue weighted by atomic mass is 10.2. The molecule has 2 heterocycles. The predicted octanol–water partition coefficient (Wildman–Crippen LogP) is 4.02. The molecule has 0 aliphatic heterocycles. The number of aryl methyl sites for hydroxylation is 1. The molecule has 0 amide bonds. The van der Waals surface area contributed by atoms with Crippen molar-refractivity contribution in [3.8, 4) is 0 Å². The van der Waals surface area contributed by atoms with Gasteiger partial charge in [0.15, 0.2) is 5.85 Å². The van der Waals surface area contributed by atoms with E-state index < -0.39 is 30.8 Å². The fraction of sp³-hybridized carbons (Fsp3) is 0.250. The minimum absolute atomic E-state index is 0.0490. The average molecular weight is 632 g/mol. The van der Waals surface area contributed by atoms with Gasteiger partial charge >= 0.3 is 13.3 Å². The predicted molar refractivity (Wildman–Crippen MR) is 166 cm³/mol. The van der Waals surface area contributed by atoms with Crippen LogP contribution in [0.25, 0.3) is 0 Å². The van der Waals surface area contributed by atoms with Crippen LogP contribution in [0.15, 0.2) is 113 Å². The summed E-state index contributed by atoms with van der Waals surface area (Å²) in [6, 6.07) is 27.7. The smallest absolute Gasteiger partial charge is 0.362 e. The number of aliphatic hydroxyl groups is 1. The molecule has 2 atom stereocenters. The number of benzene rings is 3. The number of nitrogens with one attached hydrogen (secondary N) is 1. The van der Waals surface area contributed by atoms with Gasteiger partial charge in [0.05, 0.1) is 39.1 Å². The zero-order valence-corrected chi connectivity index (χ0v) is 25.5. The molecule has 234 valence electrons. The Bertz CT molecular complexity index is 1780. The van der Waals surface area contributed by atoms with Crippen LogP contribution in [0.3, 0.4) is 0 Å². The Hall–Kier alpha value is -4.45. The van der Waals surface area contributed by atoms with Crippen molar-refractivity contribution in [2.24, 2.45) is 0 Å². The van der Waals surface area contributed by atoms with Gasteiger partial charge in [-0.15, -0.1) is 5.10 Å². The molecule has 0 aliphatic carbocycles. The molecule has 2 N–H and O–H groups in total. The normalized spacial score (nSPS) is 13.0. The van der Waals surface area contributed by atoms with Crippen LogP contribution in [0.4, 0.5) is 0 Å². The zero-order valence-electron chi connectivity index (χ0n) is 24.6. The largest absolute Gasteiger partial charge is 0.378 e. The van der Waals surface area contributed by atoms with E-state index in [1.54, 1.807) is 13.1 Å². The Morgan fingerprint density at radius 3 is 1.91 bits per heavy atom. The number of ether oxygens (including phenoxy) is 1. The highest BCUT2D eigenvalue weighted by atomic mass is 31.2. The minimum atomic E-state index is -4.23. The van der Waals surface area contributed by atoms with Gasteiger partial charge in [0, 0.05) is 11.8 Å². The van der Waals surface area contributed by atoms with Gasteiger partial charge in [-0.2, -0.15) is 0 Å². The fourth-order valence-electron chi connectivity index (χ4n) is 4.48. The highest BCUT2D eigenvalue weighted by Gasteiger charge is 2.42. The first-order valence-electron chi connectivity index (χ1n) is 14.3. The summed E-state index contributed by atoms with van der Waals surface area (Å²) < 4.78 is 35.0. The molecular weight excluding hydrogens is 597 g/mol. The molecule has 0 saturated heterocycles. The third-order valence-electron chi connectivity index (χ3n) is 6.95. The molecule has 5 aromatic rings. The second-order valence-electron chi connectivity index (χ2n) is 10.4. The maximum Gasteiger partial charge on any atom is 0.362 e. The van der Waals surface area contributed by atoms with Crippen molar-refractivity contribution in [2.75, 3.05) is 0 Å². The minimum Gasteiger partial charge on any atom is -0.378 e. The van der Waals surface area contributed by atoms with E-state index in [0.29, 0.717) is 11.3 Å². The second-order valence-corrected chi connectivity index (χ2v) is 12.6. The number of hydrogen-bond acceptors (Lipinski definition) is 9. The van der Waals surface area contributed by atoms with Crippen LogP contribution >= 0.6 is 7.60 Å². The molecule has 0 aliphatic rings. The third-order valence-corrected chi connectivity index (χ3v) is 8.90. The van der Waals surface area contributed by atoms with Crippen molar-refractivity contribution < 1.29 is 23.5 Å². The third kappa shape index (κ3) is 8.81. The first-order valence-corrected chi connectivity index (χ1v) is 15.9. The van der Waals surface area contributed by atoms with Crippen molar-refractivity contribution in [3.05, 3.63) is 152 Å². The van der Waals surface area contributed by atoms with E-state index in [0.717, 1.165) is 16.7 Å². The van der Waals surface area contributed by atoms with E-state index in [9.17, 15) is 19.3 Å². The van der Waals surface area contributed by atoms with Gasteiger partial charge in [-0.25, -0.2) is 9.48 Å². The van der Waals surface area contributed by atoms with Gasteiger partial charge in [0.1, 0.15) is 11.8 Å². The lowest BCUT2D eigenvalue weighted by Gasteiger charge is -2.29. The van der Waals surface area contributed by atoms with Crippen molar-refractivity contribution in [1.82, 2.24) is 24.5 Å².